The average molecular weight is 555 g/mol. The smallest absolute Gasteiger partial charge is 0.269 e. The van der Waals surface area contributed by atoms with Crippen LogP contribution in [0.1, 0.15) is 41.4 Å². The molecule has 0 aliphatic carbocycles. The van der Waals surface area contributed by atoms with E-state index in [1.165, 1.54) is 38.5 Å². The molecule has 0 atom stereocenters. The van der Waals surface area contributed by atoms with Gasteiger partial charge < -0.3 is 14.2 Å². The number of hydrogen-bond acceptors (Lipinski definition) is 7. The Morgan fingerprint density at radius 1 is 0.390 bits per heavy atom. The minimum atomic E-state index is -0.507. The Morgan fingerprint density at radius 3 is 0.829 bits per heavy atom. The molecule has 11 heteroatoms. The summed E-state index contributed by atoms with van der Waals surface area (Å²) in [5.41, 5.74) is 10.8. The second-order valence-corrected chi connectivity index (χ2v) is 8.42. The van der Waals surface area contributed by atoms with Crippen LogP contribution in [0.2, 0.25) is 0 Å². The number of rotatable bonds is 8. The summed E-state index contributed by atoms with van der Waals surface area (Å²) in [5, 5.41) is 0. The molecule has 4 rings (SSSR count). The predicted octanol–water partition coefficient (Wildman–Crippen LogP) is 3.65. The van der Waals surface area contributed by atoms with Gasteiger partial charge in [-0.2, -0.15) is 0 Å². The molecule has 41 heavy (non-hydrogen) atoms. The molecule has 4 amide bonds. The molecule has 0 heterocycles. The van der Waals surface area contributed by atoms with E-state index < -0.39 is 23.6 Å². The highest BCUT2D eigenvalue weighted by Gasteiger charge is 2.12. The van der Waals surface area contributed by atoms with Crippen LogP contribution in [-0.4, -0.2) is 37.8 Å². The summed E-state index contributed by atoms with van der Waals surface area (Å²) in [6.45, 7) is 0. The molecule has 4 aromatic carbocycles. The van der Waals surface area contributed by atoms with Crippen molar-refractivity contribution in [3.05, 3.63) is 119 Å². The van der Waals surface area contributed by atoms with E-state index in [9.17, 15) is 19.2 Å². The second kappa shape index (κ2) is 13.3. The normalized spacial score (nSPS) is 10.1. The van der Waals surface area contributed by atoms with Gasteiger partial charge >= 0.3 is 0 Å². The maximum atomic E-state index is 12.4. The Labute approximate surface area is 235 Å². The molecule has 0 unspecified atom stereocenters. The van der Waals surface area contributed by atoms with Gasteiger partial charge in [0.1, 0.15) is 23.0 Å². The van der Waals surface area contributed by atoms with Crippen LogP contribution in [0.25, 0.3) is 0 Å². The fraction of sp³-hybridized carbons (Fsp3) is 0.0667. The molecule has 0 saturated heterocycles. The third-order valence-corrected chi connectivity index (χ3v) is 5.75. The van der Waals surface area contributed by atoms with Gasteiger partial charge in [0.05, 0.1) is 14.2 Å². The Morgan fingerprint density at radius 2 is 0.610 bits per heavy atom. The SMILES string of the molecule is COc1ccc(C(=O)NNC(=O)c2ccc(Oc3ccc(C(=O)NNC(=O)c4ccc(OC)cc4)cc3)cc2)cc1. The molecule has 0 fully saturated rings. The number of hydrazine groups is 2. The number of methoxy groups -OCH3 is 2. The fourth-order valence-corrected chi connectivity index (χ4v) is 3.49. The van der Waals surface area contributed by atoms with Gasteiger partial charge in [-0.05, 0) is 97.1 Å². The van der Waals surface area contributed by atoms with E-state index >= 15 is 0 Å². The van der Waals surface area contributed by atoms with Crippen molar-refractivity contribution in [3.8, 4) is 23.0 Å². The summed E-state index contributed by atoms with van der Waals surface area (Å²) in [6, 6.07) is 25.4. The van der Waals surface area contributed by atoms with Crippen molar-refractivity contribution >= 4 is 23.6 Å². The first-order chi connectivity index (χ1) is 19.9. The Hall–Kier alpha value is -5.84. The fourth-order valence-electron chi connectivity index (χ4n) is 3.49. The zero-order chi connectivity index (χ0) is 29.2. The number of amides is 4. The van der Waals surface area contributed by atoms with Crippen molar-refractivity contribution in [2.24, 2.45) is 0 Å². The lowest BCUT2D eigenvalue weighted by Gasteiger charge is -2.10. The number of carbonyl (C=O) groups excluding carboxylic acids is 4. The van der Waals surface area contributed by atoms with Crippen LogP contribution in [0.3, 0.4) is 0 Å². The quantitative estimate of drug-likeness (QED) is 0.244. The van der Waals surface area contributed by atoms with Gasteiger partial charge in [-0.3, -0.25) is 40.9 Å². The number of benzene rings is 4. The van der Waals surface area contributed by atoms with Crippen molar-refractivity contribution in [3.63, 3.8) is 0 Å². The van der Waals surface area contributed by atoms with Crippen molar-refractivity contribution in [1.82, 2.24) is 21.7 Å². The topological polar surface area (TPSA) is 144 Å². The third kappa shape index (κ3) is 7.60. The van der Waals surface area contributed by atoms with Crippen molar-refractivity contribution in [2.45, 2.75) is 0 Å². The molecule has 0 spiro atoms. The molecule has 0 aliphatic rings. The van der Waals surface area contributed by atoms with Crippen molar-refractivity contribution in [1.29, 1.82) is 0 Å². The lowest BCUT2D eigenvalue weighted by Crippen LogP contribution is -2.41. The van der Waals surface area contributed by atoms with Crippen LogP contribution in [0.4, 0.5) is 0 Å². The summed E-state index contributed by atoms with van der Waals surface area (Å²) in [6.07, 6.45) is 0. The lowest BCUT2D eigenvalue weighted by molar-refractivity contribution is 0.0846. The van der Waals surface area contributed by atoms with Crippen LogP contribution in [-0.2, 0) is 0 Å². The van der Waals surface area contributed by atoms with Crippen LogP contribution >= 0.6 is 0 Å². The summed E-state index contributed by atoms with van der Waals surface area (Å²) >= 11 is 0. The van der Waals surface area contributed by atoms with E-state index in [0.717, 1.165) is 0 Å². The molecular formula is C30H26N4O7. The maximum absolute atomic E-state index is 12.4. The highest BCUT2D eigenvalue weighted by molar-refractivity contribution is 6.00. The van der Waals surface area contributed by atoms with E-state index in [2.05, 4.69) is 21.7 Å². The molecule has 0 aliphatic heterocycles. The summed E-state index contributed by atoms with van der Waals surface area (Å²) in [5.74, 6) is 0.165. The van der Waals surface area contributed by atoms with E-state index in [4.69, 9.17) is 14.2 Å². The summed E-state index contributed by atoms with van der Waals surface area (Å²) in [7, 11) is 3.05. The number of hydrogen-bond donors (Lipinski definition) is 4. The van der Waals surface area contributed by atoms with E-state index in [0.29, 0.717) is 45.3 Å². The van der Waals surface area contributed by atoms with Crippen LogP contribution in [0, 0.1) is 0 Å². The summed E-state index contributed by atoms with van der Waals surface area (Å²) < 4.78 is 15.9. The number of ether oxygens (including phenoxy) is 3. The molecule has 11 nitrogen and oxygen atoms in total. The third-order valence-electron chi connectivity index (χ3n) is 5.75. The zero-order valence-corrected chi connectivity index (χ0v) is 22.1. The van der Waals surface area contributed by atoms with E-state index in [-0.39, 0.29) is 0 Å². The Kier molecular flexibility index (Phi) is 9.13. The van der Waals surface area contributed by atoms with Crippen LogP contribution < -0.4 is 35.9 Å². The first kappa shape index (κ1) is 28.2. The minimum absolute atomic E-state index is 0.302. The average Bonchev–Trinajstić information content (AvgIpc) is 3.03. The minimum Gasteiger partial charge on any atom is -0.497 e. The van der Waals surface area contributed by atoms with E-state index in [1.807, 2.05) is 0 Å². The van der Waals surface area contributed by atoms with Crippen molar-refractivity contribution < 1.29 is 33.4 Å². The zero-order valence-electron chi connectivity index (χ0n) is 22.1. The Bertz CT molecular complexity index is 1400. The highest BCUT2D eigenvalue weighted by Crippen LogP contribution is 2.22. The standard InChI is InChI=1S/C30H26N4O7/c1-39-23-11-3-19(4-12-23)27(35)31-33-29(37)21-7-15-25(16-8-21)41-26-17-9-22(10-18-26)30(38)34-32-28(36)20-5-13-24(40-2)14-6-20/h3-18H,1-2H3,(H,31,35)(H,32,36)(H,33,37)(H,34,38). The lowest BCUT2D eigenvalue weighted by atomic mass is 10.2. The predicted molar refractivity (Wildman–Crippen MR) is 149 cm³/mol. The second-order valence-electron chi connectivity index (χ2n) is 8.42. The maximum Gasteiger partial charge on any atom is 0.269 e. The molecular weight excluding hydrogens is 528 g/mol. The first-order valence-electron chi connectivity index (χ1n) is 12.2. The Balaban J connectivity index is 1.24. The van der Waals surface area contributed by atoms with Gasteiger partial charge in [-0.1, -0.05) is 0 Å². The molecule has 0 bridgehead atoms. The van der Waals surface area contributed by atoms with Gasteiger partial charge in [-0.15, -0.1) is 0 Å². The first-order valence-corrected chi connectivity index (χ1v) is 12.2. The van der Waals surface area contributed by atoms with Crippen molar-refractivity contribution in [2.75, 3.05) is 14.2 Å². The largest absolute Gasteiger partial charge is 0.497 e. The summed E-state index contributed by atoms with van der Waals surface area (Å²) in [4.78, 5) is 49.2. The number of carbonyl (C=O) groups is 4. The van der Waals surface area contributed by atoms with Gasteiger partial charge in [0.15, 0.2) is 0 Å². The van der Waals surface area contributed by atoms with Crippen LogP contribution in [0.15, 0.2) is 97.1 Å². The van der Waals surface area contributed by atoms with Gasteiger partial charge in [0, 0.05) is 22.3 Å². The monoisotopic (exact) mass is 554 g/mol. The molecule has 0 aromatic heterocycles. The van der Waals surface area contributed by atoms with Crippen LogP contribution in [0.5, 0.6) is 23.0 Å². The van der Waals surface area contributed by atoms with Gasteiger partial charge in [-0.25, -0.2) is 0 Å². The molecule has 0 saturated carbocycles. The molecule has 4 aromatic rings. The van der Waals surface area contributed by atoms with Gasteiger partial charge in [0.25, 0.3) is 23.6 Å². The number of nitrogens with one attached hydrogen (secondary N) is 4. The molecule has 4 N–H and O–H groups in total. The molecule has 208 valence electrons. The molecule has 0 radical (unpaired) electrons. The highest BCUT2D eigenvalue weighted by atomic mass is 16.5. The van der Waals surface area contributed by atoms with E-state index in [1.54, 1.807) is 72.8 Å². The van der Waals surface area contributed by atoms with Gasteiger partial charge in [0.2, 0.25) is 0 Å².